The van der Waals surface area contributed by atoms with Gasteiger partial charge in [-0.2, -0.15) is 0 Å². The molecule has 0 amide bonds. The summed E-state index contributed by atoms with van der Waals surface area (Å²) in [6.07, 6.45) is 49.8. The Morgan fingerprint density at radius 2 is 0.984 bits per heavy atom. The summed E-state index contributed by atoms with van der Waals surface area (Å²) in [5, 5.41) is 40.2. The first-order valence-electron chi connectivity index (χ1n) is 25.4. The number of carbonyl (C=O) groups excluding carboxylic acids is 1. The maximum absolute atomic E-state index is 12.8. The molecule has 1 rings (SSSR count). The van der Waals surface area contributed by atoms with E-state index in [1.807, 2.05) is 0 Å². The summed E-state index contributed by atoms with van der Waals surface area (Å²) in [5.74, 6) is -0.353. The van der Waals surface area contributed by atoms with Crippen LogP contribution < -0.4 is 0 Å². The third-order valence-corrected chi connectivity index (χ3v) is 11.4. The number of unbranched alkanes of at least 4 members (excludes halogenated alkanes) is 22. The lowest BCUT2D eigenvalue weighted by Crippen LogP contribution is -2.59. The van der Waals surface area contributed by atoms with Gasteiger partial charge in [-0.25, -0.2) is 0 Å². The molecule has 360 valence electrons. The quantitative estimate of drug-likeness (QED) is 0.0268. The SMILES string of the molecule is CC/C=C\C/C=C\C/C=C\C/C=C\CCCCC(=O)OC(COCCCCCCCCCCCCCC/C=C\CCCCCCCCCC)COC1OC(CO)C(O)C(O)C1O. The van der Waals surface area contributed by atoms with E-state index in [4.69, 9.17) is 18.9 Å². The molecule has 1 fully saturated rings. The number of esters is 1. The largest absolute Gasteiger partial charge is 0.457 e. The molecule has 9 nitrogen and oxygen atoms in total. The predicted octanol–water partition coefficient (Wildman–Crippen LogP) is 12.3. The zero-order chi connectivity index (χ0) is 45.0. The molecule has 0 aromatic carbocycles. The van der Waals surface area contributed by atoms with Gasteiger partial charge in [0.1, 0.15) is 30.5 Å². The topological polar surface area (TPSA) is 135 Å². The van der Waals surface area contributed by atoms with Gasteiger partial charge < -0.3 is 39.4 Å². The minimum atomic E-state index is -1.55. The molecule has 1 aliphatic heterocycles. The van der Waals surface area contributed by atoms with Crippen molar-refractivity contribution in [3.05, 3.63) is 60.8 Å². The van der Waals surface area contributed by atoms with Crippen LogP contribution in [0.15, 0.2) is 60.8 Å². The molecule has 0 aromatic rings. The zero-order valence-electron chi connectivity index (χ0n) is 39.6. The number of hydrogen-bond donors (Lipinski definition) is 4. The van der Waals surface area contributed by atoms with Gasteiger partial charge in [-0.3, -0.25) is 4.79 Å². The van der Waals surface area contributed by atoms with E-state index >= 15 is 0 Å². The summed E-state index contributed by atoms with van der Waals surface area (Å²) in [4.78, 5) is 12.8. The highest BCUT2D eigenvalue weighted by molar-refractivity contribution is 5.69. The first kappa shape index (κ1) is 57.9. The number of rotatable bonds is 43. The Morgan fingerprint density at radius 3 is 1.50 bits per heavy atom. The number of aliphatic hydroxyl groups is 4. The molecule has 6 atom stereocenters. The summed E-state index contributed by atoms with van der Waals surface area (Å²) < 4.78 is 22.8. The molecular formula is C53H94O9. The third-order valence-electron chi connectivity index (χ3n) is 11.4. The van der Waals surface area contributed by atoms with Crippen LogP contribution in [0.5, 0.6) is 0 Å². The van der Waals surface area contributed by atoms with Crippen molar-refractivity contribution in [2.24, 2.45) is 0 Å². The normalized spacial score (nSPS) is 20.3. The van der Waals surface area contributed by atoms with Gasteiger partial charge in [-0.1, -0.05) is 184 Å². The highest BCUT2D eigenvalue weighted by Crippen LogP contribution is 2.23. The van der Waals surface area contributed by atoms with Crippen molar-refractivity contribution < 1.29 is 44.2 Å². The summed E-state index contributed by atoms with van der Waals surface area (Å²) in [5.41, 5.74) is 0. The molecular weight excluding hydrogens is 781 g/mol. The molecule has 1 aliphatic rings. The highest BCUT2D eigenvalue weighted by Gasteiger charge is 2.44. The Morgan fingerprint density at radius 1 is 0.532 bits per heavy atom. The van der Waals surface area contributed by atoms with E-state index in [0.717, 1.165) is 51.4 Å². The molecule has 0 saturated carbocycles. The van der Waals surface area contributed by atoms with Crippen molar-refractivity contribution in [2.75, 3.05) is 26.4 Å². The zero-order valence-corrected chi connectivity index (χ0v) is 39.6. The molecule has 0 aliphatic carbocycles. The van der Waals surface area contributed by atoms with Gasteiger partial charge in [0.05, 0.1) is 19.8 Å². The van der Waals surface area contributed by atoms with Crippen molar-refractivity contribution in [3.8, 4) is 0 Å². The molecule has 62 heavy (non-hydrogen) atoms. The molecule has 4 N–H and O–H groups in total. The Bertz CT molecular complexity index is 1130. The van der Waals surface area contributed by atoms with E-state index < -0.39 is 43.4 Å². The van der Waals surface area contributed by atoms with Gasteiger partial charge in [0.2, 0.25) is 0 Å². The number of allylic oxidation sites excluding steroid dienone is 10. The lowest BCUT2D eigenvalue weighted by Gasteiger charge is -2.39. The fraction of sp³-hybridized carbons (Fsp3) is 0.792. The van der Waals surface area contributed by atoms with Crippen LogP contribution in [-0.2, 0) is 23.7 Å². The van der Waals surface area contributed by atoms with Gasteiger partial charge in [0.15, 0.2) is 6.29 Å². The van der Waals surface area contributed by atoms with E-state index in [-0.39, 0.29) is 25.6 Å². The Hall–Kier alpha value is -2.11. The molecule has 0 spiro atoms. The van der Waals surface area contributed by atoms with Gasteiger partial charge in [0, 0.05) is 13.0 Å². The number of carbonyl (C=O) groups is 1. The minimum absolute atomic E-state index is 0.126. The van der Waals surface area contributed by atoms with Crippen molar-refractivity contribution in [2.45, 2.75) is 243 Å². The van der Waals surface area contributed by atoms with Crippen LogP contribution in [0, 0.1) is 0 Å². The Labute approximate surface area is 379 Å². The fourth-order valence-corrected chi connectivity index (χ4v) is 7.48. The van der Waals surface area contributed by atoms with E-state index in [9.17, 15) is 25.2 Å². The average Bonchev–Trinajstić information content (AvgIpc) is 3.27. The molecule has 1 saturated heterocycles. The van der Waals surface area contributed by atoms with Crippen LogP contribution in [0.1, 0.15) is 206 Å². The van der Waals surface area contributed by atoms with E-state index in [0.29, 0.717) is 13.0 Å². The monoisotopic (exact) mass is 875 g/mol. The second-order valence-electron chi connectivity index (χ2n) is 17.2. The van der Waals surface area contributed by atoms with E-state index in [2.05, 4.69) is 74.6 Å². The molecule has 0 bridgehead atoms. The average molecular weight is 875 g/mol. The van der Waals surface area contributed by atoms with Crippen molar-refractivity contribution in [1.82, 2.24) is 0 Å². The highest BCUT2D eigenvalue weighted by atomic mass is 16.7. The summed E-state index contributed by atoms with van der Waals surface area (Å²) in [6.45, 7) is 4.40. The number of ether oxygens (including phenoxy) is 4. The predicted molar refractivity (Wildman–Crippen MR) is 256 cm³/mol. The van der Waals surface area contributed by atoms with Crippen LogP contribution in [-0.4, -0.2) is 89.6 Å². The van der Waals surface area contributed by atoms with Crippen LogP contribution in [0.2, 0.25) is 0 Å². The molecule has 6 unspecified atom stereocenters. The maximum atomic E-state index is 12.8. The Balaban J connectivity index is 2.20. The molecule has 9 heteroatoms. The molecule has 0 radical (unpaired) electrons. The van der Waals surface area contributed by atoms with Gasteiger partial charge >= 0.3 is 5.97 Å². The van der Waals surface area contributed by atoms with Crippen LogP contribution >= 0.6 is 0 Å². The standard InChI is InChI=1S/C53H94O9/c1-3-5-7-9-11-13-15-17-19-20-21-22-23-24-25-26-27-29-31-33-35-37-39-41-43-59-45-47(46-60-53-52(58)51(57)50(56)48(44-54)62-53)61-49(55)42-40-38-36-34-32-30-28-18-16-14-12-10-8-6-4-2/h6,8,12,14,18,20-21,28,32,34,47-48,50-54,56-58H,3-5,7,9-11,13,15-17,19,22-27,29-31,33,35-46H2,1-2H3/b8-6-,14-12-,21-20-,28-18-,34-32-. The second-order valence-corrected chi connectivity index (χ2v) is 17.2. The summed E-state index contributed by atoms with van der Waals surface area (Å²) in [7, 11) is 0. The lowest BCUT2D eigenvalue weighted by molar-refractivity contribution is -0.305. The van der Waals surface area contributed by atoms with Gasteiger partial charge in [0.25, 0.3) is 0 Å². The van der Waals surface area contributed by atoms with Crippen molar-refractivity contribution in [1.29, 1.82) is 0 Å². The van der Waals surface area contributed by atoms with Gasteiger partial charge in [-0.05, 0) is 77.0 Å². The first-order chi connectivity index (χ1) is 30.4. The third kappa shape index (κ3) is 34.3. The summed E-state index contributed by atoms with van der Waals surface area (Å²) in [6, 6.07) is 0. The summed E-state index contributed by atoms with van der Waals surface area (Å²) >= 11 is 0. The number of hydrogen-bond acceptors (Lipinski definition) is 9. The van der Waals surface area contributed by atoms with Crippen molar-refractivity contribution in [3.63, 3.8) is 0 Å². The van der Waals surface area contributed by atoms with Crippen LogP contribution in [0.3, 0.4) is 0 Å². The lowest BCUT2D eigenvalue weighted by atomic mass is 9.99. The van der Waals surface area contributed by atoms with Crippen LogP contribution in [0.4, 0.5) is 0 Å². The smallest absolute Gasteiger partial charge is 0.306 e. The number of aliphatic hydroxyl groups excluding tert-OH is 4. The fourth-order valence-electron chi connectivity index (χ4n) is 7.48. The van der Waals surface area contributed by atoms with Gasteiger partial charge in [-0.15, -0.1) is 0 Å². The Kier molecular flexibility index (Phi) is 41.2. The van der Waals surface area contributed by atoms with Crippen molar-refractivity contribution >= 4 is 5.97 Å². The van der Waals surface area contributed by atoms with Crippen LogP contribution in [0.25, 0.3) is 0 Å². The molecule has 1 heterocycles. The maximum Gasteiger partial charge on any atom is 0.306 e. The molecule has 0 aromatic heterocycles. The second kappa shape index (κ2) is 44.1. The minimum Gasteiger partial charge on any atom is -0.457 e. The first-order valence-corrected chi connectivity index (χ1v) is 25.4. The van der Waals surface area contributed by atoms with E-state index in [1.54, 1.807) is 0 Å². The van der Waals surface area contributed by atoms with E-state index in [1.165, 1.54) is 128 Å².